The molecule has 5 heteroatoms. The third-order valence-electron chi connectivity index (χ3n) is 5.54. The molecule has 1 fully saturated rings. The number of amides is 1. The van der Waals surface area contributed by atoms with Crippen molar-refractivity contribution in [3.05, 3.63) is 42.1 Å². The van der Waals surface area contributed by atoms with Gasteiger partial charge in [-0.3, -0.25) is 4.79 Å². The molecule has 1 aliphatic rings. The second kappa shape index (κ2) is 8.98. The van der Waals surface area contributed by atoms with Gasteiger partial charge in [0.2, 0.25) is 0 Å². The van der Waals surface area contributed by atoms with Crippen LogP contribution in [-0.4, -0.2) is 47.0 Å². The van der Waals surface area contributed by atoms with Gasteiger partial charge in [0.15, 0.2) is 5.82 Å². The summed E-state index contributed by atoms with van der Waals surface area (Å²) in [4.78, 5) is 26.5. The van der Waals surface area contributed by atoms with Crippen LogP contribution in [0.1, 0.15) is 56.3 Å². The molecule has 1 amide bonds. The highest BCUT2D eigenvalue weighted by Crippen LogP contribution is 2.29. The second-order valence-electron chi connectivity index (χ2n) is 7.18. The van der Waals surface area contributed by atoms with Crippen LogP contribution in [-0.2, 0) is 0 Å². The average molecular weight is 367 g/mol. The minimum atomic E-state index is 0.0114. The van der Waals surface area contributed by atoms with Gasteiger partial charge in [0.05, 0.1) is 0 Å². The van der Waals surface area contributed by atoms with E-state index in [2.05, 4.69) is 16.9 Å². The number of hydrogen-bond donors (Lipinski definition) is 0. The molecule has 0 N–H and O–H groups in total. The molecule has 0 aliphatic heterocycles. The lowest BCUT2D eigenvalue weighted by atomic mass is 9.94. The van der Waals surface area contributed by atoms with Crippen LogP contribution in [0, 0.1) is 0 Å². The molecule has 0 saturated heterocycles. The van der Waals surface area contributed by atoms with Crippen LogP contribution in [0.15, 0.2) is 36.5 Å². The van der Waals surface area contributed by atoms with Crippen LogP contribution in [0.2, 0.25) is 0 Å². The Bertz CT molecular complexity index is 752. The number of benzene rings is 1. The van der Waals surface area contributed by atoms with Crippen molar-refractivity contribution in [2.24, 2.45) is 0 Å². The zero-order valence-electron chi connectivity index (χ0n) is 16.7. The molecule has 1 aromatic heterocycles. The zero-order chi connectivity index (χ0) is 19.2. The summed E-state index contributed by atoms with van der Waals surface area (Å²) in [5.41, 5.74) is 1.57. The van der Waals surface area contributed by atoms with Gasteiger partial charge in [0.1, 0.15) is 11.4 Å². The lowest BCUT2D eigenvalue weighted by molar-refractivity contribution is 0.0772. The van der Waals surface area contributed by atoms with E-state index in [1.807, 2.05) is 49.1 Å². The summed E-state index contributed by atoms with van der Waals surface area (Å²) >= 11 is 0. The Kier molecular flexibility index (Phi) is 6.43. The third kappa shape index (κ3) is 4.29. The molecule has 0 radical (unpaired) electrons. The van der Waals surface area contributed by atoms with Crippen molar-refractivity contribution in [2.45, 2.75) is 52.0 Å². The Morgan fingerprint density at radius 1 is 1.07 bits per heavy atom. The molecule has 144 valence electrons. The van der Waals surface area contributed by atoms with E-state index in [-0.39, 0.29) is 5.91 Å². The smallest absolute Gasteiger partial charge is 0.259 e. The Morgan fingerprint density at radius 3 is 2.37 bits per heavy atom. The average Bonchev–Trinajstić information content (AvgIpc) is 2.75. The van der Waals surface area contributed by atoms with E-state index in [0.717, 1.165) is 24.2 Å². The fraction of sp³-hybridized carbons (Fsp3) is 0.500. The Labute approximate surface area is 162 Å². The normalized spacial score (nSPS) is 14.8. The van der Waals surface area contributed by atoms with Gasteiger partial charge in [-0.05, 0) is 26.7 Å². The molecule has 1 heterocycles. The lowest BCUT2D eigenvalue weighted by Gasteiger charge is -2.33. The predicted molar refractivity (Wildman–Crippen MR) is 110 cm³/mol. The minimum absolute atomic E-state index is 0.0114. The second-order valence-corrected chi connectivity index (χ2v) is 7.18. The molecule has 0 bridgehead atoms. The largest absolute Gasteiger partial charge is 0.356 e. The van der Waals surface area contributed by atoms with Crippen LogP contribution >= 0.6 is 0 Å². The van der Waals surface area contributed by atoms with E-state index in [1.165, 1.54) is 19.3 Å². The molecule has 0 atom stereocenters. The summed E-state index contributed by atoms with van der Waals surface area (Å²) in [6.07, 6.45) is 7.80. The Morgan fingerprint density at radius 2 is 1.74 bits per heavy atom. The summed E-state index contributed by atoms with van der Waals surface area (Å²) in [5.74, 6) is 1.44. The highest BCUT2D eigenvalue weighted by atomic mass is 16.2. The lowest BCUT2D eigenvalue weighted by Crippen LogP contribution is -2.37. The maximum absolute atomic E-state index is 13.1. The number of anilines is 1. The van der Waals surface area contributed by atoms with Crippen LogP contribution in [0.5, 0.6) is 0 Å². The van der Waals surface area contributed by atoms with Gasteiger partial charge >= 0.3 is 0 Å². The first kappa shape index (κ1) is 19.3. The minimum Gasteiger partial charge on any atom is -0.356 e. The van der Waals surface area contributed by atoms with Gasteiger partial charge in [0.25, 0.3) is 5.91 Å². The predicted octanol–water partition coefficient (Wildman–Crippen LogP) is 4.39. The fourth-order valence-corrected chi connectivity index (χ4v) is 3.84. The summed E-state index contributed by atoms with van der Waals surface area (Å²) in [6, 6.07) is 10.4. The van der Waals surface area contributed by atoms with Crippen molar-refractivity contribution in [3.63, 3.8) is 0 Å². The van der Waals surface area contributed by atoms with Gasteiger partial charge < -0.3 is 9.80 Å². The maximum Gasteiger partial charge on any atom is 0.259 e. The van der Waals surface area contributed by atoms with Crippen LogP contribution in [0.3, 0.4) is 0 Å². The molecule has 3 rings (SSSR count). The van der Waals surface area contributed by atoms with E-state index in [1.54, 1.807) is 6.20 Å². The number of hydrogen-bond acceptors (Lipinski definition) is 4. The molecule has 27 heavy (non-hydrogen) atoms. The van der Waals surface area contributed by atoms with Crippen molar-refractivity contribution in [2.75, 3.05) is 25.0 Å². The van der Waals surface area contributed by atoms with Gasteiger partial charge in [-0.2, -0.15) is 0 Å². The number of nitrogens with zero attached hydrogens (tertiary/aromatic N) is 4. The molecule has 1 saturated carbocycles. The molecule has 2 aromatic rings. The van der Waals surface area contributed by atoms with Crippen LogP contribution < -0.4 is 4.90 Å². The third-order valence-corrected chi connectivity index (χ3v) is 5.54. The van der Waals surface area contributed by atoms with Gasteiger partial charge in [-0.15, -0.1) is 0 Å². The van der Waals surface area contributed by atoms with Crippen molar-refractivity contribution >= 4 is 11.7 Å². The SMILES string of the molecule is CCN(CC)C(=O)c1cnc(-c2ccccc2)nc1N(C)C1CCCCC1. The summed E-state index contributed by atoms with van der Waals surface area (Å²) in [6.45, 7) is 5.38. The van der Waals surface area contributed by atoms with Crippen molar-refractivity contribution < 1.29 is 4.79 Å². The standard InChI is InChI=1S/C22H30N4O/c1-4-26(5-2)22(27)19-16-23-20(17-12-8-6-9-13-17)24-21(19)25(3)18-14-10-7-11-15-18/h6,8-9,12-13,16,18H,4-5,7,10-11,14-15H2,1-3H3. The number of rotatable bonds is 6. The molecular weight excluding hydrogens is 336 g/mol. The van der Waals surface area contributed by atoms with E-state index >= 15 is 0 Å². The summed E-state index contributed by atoms with van der Waals surface area (Å²) in [7, 11) is 2.08. The highest BCUT2D eigenvalue weighted by Gasteiger charge is 2.26. The van der Waals surface area contributed by atoms with Crippen LogP contribution in [0.25, 0.3) is 11.4 Å². The van der Waals surface area contributed by atoms with E-state index in [9.17, 15) is 4.79 Å². The van der Waals surface area contributed by atoms with E-state index in [0.29, 0.717) is 30.5 Å². The number of carbonyl (C=O) groups is 1. The van der Waals surface area contributed by atoms with Crippen molar-refractivity contribution in [3.8, 4) is 11.4 Å². The number of aromatic nitrogens is 2. The van der Waals surface area contributed by atoms with E-state index < -0.39 is 0 Å². The molecule has 5 nitrogen and oxygen atoms in total. The first-order valence-electron chi connectivity index (χ1n) is 10.1. The highest BCUT2D eigenvalue weighted by molar-refractivity contribution is 5.99. The van der Waals surface area contributed by atoms with Crippen LogP contribution in [0.4, 0.5) is 5.82 Å². The summed E-state index contributed by atoms with van der Waals surface area (Å²) < 4.78 is 0. The maximum atomic E-state index is 13.1. The van der Waals surface area contributed by atoms with Crippen molar-refractivity contribution in [1.29, 1.82) is 0 Å². The van der Waals surface area contributed by atoms with Gasteiger partial charge in [0, 0.05) is 37.9 Å². The molecule has 1 aliphatic carbocycles. The summed E-state index contributed by atoms with van der Waals surface area (Å²) in [5, 5.41) is 0. The zero-order valence-corrected chi connectivity index (χ0v) is 16.7. The Balaban J connectivity index is 2.02. The topological polar surface area (TPSA) is 49.3 Å². The Hall–Kier alpha value is -2.43. The van der Waals surface area contributed by atoms with E-state index in [4.69, 9.17) is 4.98 Å². The van der Waals surface area contributed by atoms with Crippen molar-refractivity contribution in [1.82, 2.24) is 14.9 Å². The molecule has 1 aromatic carbocycles. The first-order valence-corrected chi connectivity index (χ1v) is 10.1. The molecule has 0 spiro atoms. The fourth-order valence-electron chi connectivity index (χ4n) is 3.84. The van der Waals surface area contributed by atoms with Gasteiger partial charge in [-0.25, -0.2) is 9.97 Å². The monoisotopic (exact) mass is 366 g/mol. The molecular formula is C22H30N4O. The number of carbonyl (C=O) groups excluding carboxylic acids is 1. The molecule has 0 unspecified atom stereocenters. The first-order chi connectivity index (χ1) is 13.2. The quantitative estimate of drug-likeness (QED) is 0.760. The van der Waals surface area contributed by atoms with Gasteiger partial charge in [-0.1, -0.05) is 49.6 Å².